The first-order chi connectivity index (χ1) is 12.9. The minimum Gasteiger partial charge on any atom is -0.448 e. The summed E-state index contributed by atoms with van der Waals surface area (Å²) in [7, 11) is 0. The number of aryl methyl sites for hydroxylation is 1. The number of rotatable bonds is 5. The predicted molar refractivity (Wildman–Crippen MR) is 105 cm³/mol. The Balaban J connectivity index is 1.67. The van der Waals surface area contributed by atoms with Gasteiger partial charge in [0.1, 0.15) is 15.7 Å². The predicted octanol–water partition coefficient (Wildman–Crippen LogP) is 4.35. The Morgan fingerprint density at radius 3 is 2.59 bits per heavy atom. The van der Waals surface area contributed by atoms with Crippen LogP contribution in [0.15, 0.2) is 48.7 Å². The van der Waals surface area contributed by atoms with E-state index in [2.05, 4.69) is 15.3 Å². The highest BCUT2D eigenvalue weighted by Gasteiger charge is 2.23. The quantitative estimate of drug-likeness (QED) is 0.643. The van der Waals surface area contributed by atoms with Crippen molar-refractivity contribution in [2.45, 2.75) is 20.0 Å². The van der Waals surface area contributed by atoms with E-state index in [4.69, 9.17) is 16.3 Å². The van der Waals surface area contributed by atoms with E-state index in [-0.39, 0.29) is 0 Å². The van der Waals surface area contributed by atoms with Crippen molar-refractivity contribution < 1.29 is 14.3 Å². The first-order valence-electron chi connectivity index (χ1n) is 8.10. The number of halogens is 1. The van der Waals surface area contributed by atoms with E-state index in [1.807, 2.05) is 30.3 Å². The summed E-state index contributed by atoms with van der Waals surface area (Å²) in [4.78, 5) is 33.4. The highest BCUT2D eigenvalue weighted by atomic mass is 35.5. The molecule has 3 rings (SSSR count). The summed E-state index contributed by atoms with van der Waals surface area (Å²) in [5.41, 5.74) is 1.49. The largest absolute Gasteiger partial charge is 0.448 e. The molecule has 0 saturated heterocycles. The second kappa shape index (κ2) is 8.28. The van der Waals surface area contributed by atoms with Crippen molar-refractivity contribution in [1.29, 1.82) is 0 Å². The fourth-order valence-electron chi connectivity index (χ4n) is 2.24. The molecule has 0 spiro atoms. The van der Waals surface area contributed by atoms with Crippen LogP contribution in [0.5, 0.6) is 0 Å². The van der Waals surface area contributed by atoms with E-state index < -0.39 is 18.0 Å². The van der Waals surface area contributed by atoms with Gasteiger partial charge in [-0.15, -0.1) is 11.3 Å². The van der Waals surface area contributed by atoms with E-state index in [1.54, 1.807) is 19.1 Å². The minimum atomic E-state index is -0.989. The maximum absolute atomic E-state index is 12.5. The maximum Gasteiger partial charge on any atom is 0.351 e. The molecule has 3 aromatic rings. The number of benzene rings is 1. The molecule has 0 fully saturated rings. The minimum absolute atomic E-state index is 0.327. The van der Waals surface area contributed by atoms with E-state index >= 15 is 0 Å². The van der Waals surface area contributed by atoms with Crippen molar-refractivity contribution in [2.24, 2.45) is 0 Å². The average molecular weight is 402 g/mol. The molecular formula is C19H16ClN3O3S. The second-order valence-corrected chi connectivity index (χ2v) is 7.13. The Labute approximate surface area is 165 Å². The number of carbonyl (C=O) groups excluding carboxylic acids is 2. The molecule has 8 heteroatoms. The SMILES string of the molecule is Cc1nc(-c2ccccc2)sc1C(=O)O[C@H](C)C(=O)Nc1ccc(Cl)cn1. The maximum atomic E-state index is 12.5. The molecule has 2 heterocycles. The fourth-order valence-corrected chi connectivity index (χ4v) is 3.30. The van der Waals surface area contributed by atoms with Gasteiger partial charge in [0.2, 0.25) is 0 Å². The van der Waals surface area contributed by atoms with Gasteiger partial charge in [-0.2, -0.15) is 0 Å². The lowest BCUT2D eigenvalue weighted by Gasteiger charge is -2.12. The second-order valence-electron chi connectivity index (χ2n) is 5.70. The van der Waals surface area contributed by atoms with E-state index in [1.165, 1.54) is 24.5 Å². The molecule has 0 aliphatic rings. The molecule has 0 unspecified atom stereocenters. The van der Waals surface area contributed by atoms with Crippen molar-refractivity contribution in [2.75, 3.05) is 5.32 Å². The number of anilines is 1. The Bertz CT molecular complexity index is 958. The summed E-state index contributed by atoms with van der Waals surface area (Å²) in [5.74, 6) is -0.741. The Hall–Kier alpha value is -2.77. The Morgan fingerprint density at radius 2 is 1.93 bits per heavy atom. The van der Waals surface area contributed by atoms with Crippen LogP contribution in [0.3, 0.4) is 0 Å². The zero-order valence-electron chi connectivity index (χ0n) is 14.6. The van der Waals surface area contributed by atoms with Crippen LogP contribution in [0.25, 0.3) is 10.6 Å². The van der Waals surface area contributed by atoms with E-state index in [0.29, 0.717) is 21.4 Å². The Morgan fingerprint density at radius 1 is 1.19 bits per heavy atom. The molecule has 138 valence electrons. The first-order valence-corrected chi connectivity index (χ1v) is 9.29. The standard InChI is InChI=1S/C19H16ClN3O3S/c1-11-16(27-18(22-11)13-6-4-3-5-7-13)19(25)26-12(2)17(24)23-15-9-8-14(20)10-21-15/h3-10,12H,1-2H3,(H,21,23,24)/t12-/m1/s1. The molecule has 0 bridgehead atoms. The first kappa shape index (κ1) is 19.0. The summed E-state index contributed by atoms with van der Waals surface area (Å²) < 4.78 is 5.29. The number of ether oxygens (including phenoxy) is 1. The van der Waals surface area contributed by atoms with Crippen molar-refractivity contribution >= 4 is 40.6 Å². The zero-order valence-corrected chi connectivity index (χ0v) is 16.2. The summed E-state index contributed by atoms with van der Waals surface area (Å²) >= 11 is 6.99. The van der Waals surface area contributed by atoms with Gasteiger partial charge in [0.25, 0.3) is 5.91 Å². The molecule has 2 aromatic heterocycles. The molecule has 1 atom stereocenters. The number of aromatic nitrogens is 2. The lowest BCUT2D eigenvalue weighted by atomic mass is 10.2. The zero-order chi connectivity index (χ0) is 19.4. The third-order valence-electron chi connectivity index (χ3n) is 3.63. The van der Waals surface area contributed by atoms with Crippen LogP contribution in [-0.2, 0) is 9.53 Å². The van der Waals surface area contributed by atoms with Crippen LogP contribution >= 0.6 is 22.9 Å². The molecule has 0 radical (unpaired) electrons. The summed E-state index contributed by atoms with van der Waals surface area (Å²) in [6.45, 7) is 3.24. The summed E-state index contributed by atoms with van der Waals surface area (Å²) in [6.07, 6.45) is 0.427. The van der Waals surface area contributed by atoms with Gasteiger partial charge >= 0.3 is 5.97 Å². The van der Waals surface area contributed by atoms with Crippen LogP contribution in [-0.4, -0.2) is 27.9 Å². The van der Waals surface area contributed by atoms with E-state index in [0.717, 1.165) is 10.6 Å². The smallest absolute Gasteiger partial charge is 0.351 e. The normalized spacial score (nSPS) is 11.7. The number of nitrogens with one attached hydrogen (secondary N) is 1. The van der Waals surface area contributed by atoms with Crippen molar-refractivity contribution in [3.63, 3.8) is 0 Å². The average Bonchev–Trinajstić information content (AvgIpc) is 3.06. The van der Waals surface area contributed by atoms with Gasteiger partial charge in [-0.3, -0.25) is 4.79 Å². The lowest BCUT2D eigenvalue weighted by molar-refractivity contribution is -0.123. The highest BCUT2D eigenvalue weighted by molar-refractivity contribution is 7.17. The number of carbonyl (C=O) groups is 2. The molecule has 0 aliphatic carbocycles. The topological polar surface area (TPSA) is 81.2 Å². The molecular weight excluding hydrogens is 386 g/mol. The van der Waals surface area contributed by atoms with Gasteiger partial charge in [0, 0.05) is 11.8 Å². The van der Waals surface area contributed by atoms with Crippen LogP contribution in [0, 0.1) is 6.92 Å². The number of esters is 1. The fraction of sp³-hybridized carbons (Fsp3) is 0.158. The number of pyridine rings is 1. The number of hydrogen-bond acceptors (Lipinski definition) is 6. The lowest BCUT2D eigenvalue weighted by Crippen LogP contribution is -2.30. The summed E-state index contributed by atoms with van der Waals surface area (Å²) in [6, 6.07) is 12.7. The van der Waals surface area contributed by atoms with Crippen LogP contribution in [0.2, 0.25) is 5.02 Å². The van der Waals surface area contributed by atoms with Crippen LogP contribution in [0.1, 0.15) is 22.3 Å². The molecule has 0 aliphatic heterocycles. The van der Waals surface area contributed by atoms with E-state index in [9.17, 15) is 9.59 Å². The number of nitrogens with zero attached hydrogens (tertiary/aromatic N) is 2. The molecule has 1 amide bonds. The molecule has 0 saturated carbocycles. The number of hydrogen-bond donors (Lipinski definition) is 1. The third kappa shape index (κ3) is 4.69. The van der Waals surface area contributed by atoms with Crippen molar-refractivity contribution in [3.8, 4) is 10.6 Å². The number of thiazole rings is 1. The van der Waals surface area contributed by atoms with Crippen molar-refractivity contribution in [3.05, 3.63) is 64.3 Å². The van der Waals surface area contributed by atoms with Crippen molar-refractivity contribution in [1.82, 2.24) is 9.97 Å². The van der Waals surface area contributed by atoms with Gasteiger partial charge in [0.15, 0.2) is 6.10 Å². The van der Waals surface area contributed by atoms with Gasteiger partial charge < -0.3 is 10.1 Å². The van der Waals surface area contributed by atoms with Gasteiger partial charge in [-0.25, -0.2) is 14.8 Å². The van der Waals surface area contributed by atoms with Gasteiger partial charge in [-0.05, 0) is 26.0 Å². The molecule has 1 N–H and O–H groups in total. The van der Waals surface area contributed by atoms with Crippen LogP contribution < -0.4 is 5.32 Å². The molecule has 1 aromatic carbocycles. The monoisotopic (exact) mass is 401 g/mol. The van der Waals surface area contributed by atoms with Gasteiger partial charge in [0.05, 0.1) is 10.7 Å². The number of amides is 1. The molecule has 27 heavy (non-hydrogen) atoms. The third-order valence-corrected chi connectivity index (χ3v) is 5.04. The highest BCUT2D eigenvalue weighted by Crippen LogP contribution is 2.28. The van der Waals surface area contributed by atoms with Crippen LogP contribution in [0.4, 0.5) is 5.82 Å². The molecule has 6 nitrogen and oxygen atoms in total. The Kier molecular flexibility index (Phi) is 5.83. The van der Waals surface area contributed by atoms with Gasteiger partial charge in [-0.1, -0.05) is 41.9 Å². The summed E-state index contributed by atoms with van der Waals surface area (Å²) in [5, 5.41) is 3.76.